The van der Waals surface area contributed by atoms with Gasteiger partial charge in [-0.2, -0.15) is 0 Å². The fourth-order valence-electron chi connectivity index (χ4n) is 2.44. The second-order valence-electron chi connectivity index (χ2n) is 4.89. The molecule has 0 atom stereocenters. The molecule has 0 heterocycles. The first-order chi connectivity index (χ1) is 8.65. The number of benzene rings is 1. The monoisotopic (exact) mass is 329 g/mol. The molecule has 1 aliphatic rings. The number of rotatable bonds is 3. The fraction of sp³-hybridized carbons (Fsp3) is 0.500. The normalized spacial score (nSPS) is 16.6. The Labute approximate surface area is 121 Å². The third-order valence-corrected chi connectivity index (χ3v) is 4.63. The van der Waals surface area contributed by atoms with E-state index in [0.29, 0.717) is 17.4 Å². The summed E-state index contributed by atoms with van der Waals surface area (Å²) < 4.78 is 0.842. The zero-order valence-corrected chi connectivity index (χ0v) is 12.6. The van der Waals surface area contributed by atoms with Gasteiger partial charge in [-0.1, -0.05) is 30.9 Å². The molecule has 18 heavy (non-hydrogen) atoms. The molecule has 0 saturated heterocycles. The highest BCUT2D eigenvalue weighted by Gasteiger charge is 2.17. The van der Waals surface area contributed by atoms with Crippen LogP contribution >= 0.6 is 27.5 Å². The van der Waals surface area contributed by atoms with Crippen LogP contribution in [0.4, 0.5) is 5.69 Å². The second-order valence-corrected chi connectivity index (χ2v) is 6.15. The zero-order chi connectivity index (χ0) is 13.0. The molecule has 2 nitrogen and oxygen atoms in total. The molecular weight excluding hydrogens is 314 g/mol. The SMILES string of the molecule is O=C(CC1CCCCC1)Nc1ccc(Br)c(Cl)c1. The van der Waals surface area contributed by atoms with Gasteiger partial charge in [-0.25, -0.2) is 0 Å². The summed E-state index contributed by atoms with van der Waals surface area (Å²) in [6.45, 7) is 0. The van der Waals surface area contributed by atoms with Gasteiger partial charge >= 0.3 is 0 Å². The summed E-state index contributed by atoms with van der Waals surface area (Å²) >= 11 is 9.32. The van der Waals surface area contributed by atoms with Crippen molar-refractivity contribution in [3.63, 3.8) is 0 Å². The van der Waals surface area contributed by atoms with E-state index in [1.165, 1.54) is 32.1 Å². The molecule has 1 fully saturated rings. The van der Waals surface area contributed by atoms with Gasteiger partial charge in [-0.05, 0) is 52.9 Å². The van der Waals surface area contributed by atoms with Gasteiger partial charge in [0.2, 0.25) is 5.91 Å². The van der Waals surface area contributed by atoms with Crippen LogP contribution in [-0.2, 0) is 4.79 Å². The third-order valence-electron chi connectivity index (χ3n) is 3.40. The maximum absolute atomic E-state index is 11.9. The van der Waals surface area contributed by atoms with E-state index in [0.717, 1.165) is 10.2 Å². The van der Waals surface area contributed by atoms with E-state index >= 15 is 0 Å². The Bertz CT molecular complexity index is 430. The van der Waals surface area contributed by atoms with Crippen molar-refractivity contribution < 1.29 is 4.79 Å². The molecule has 0 aromatic heterocycles. The van der Waals surface area contributed by atoms with Crippen molar-refractivity contribution in [2.75, 3.05) is 5.32 Å². The number of amides is 1. The van der Waals surface area contributed by atoms with Crippen molar-refractivity contribution in [3.8, 4) is 0 Å². The zero-order valence-electron chi connectivity index (χ0n) is 10.2. The molecule has 1 saturated carbocycles. The van der Waals surface area contributed by atoms with Crippen LogP contribution in [0.15, 0.2) is 22.7 Å². The molecule has 1 N–H and O–H groups in total. The predicted molar refractivity (Wildman–Crippen MR) is 79.0 cm³/mol. The largest absolute Gasteiger partial charge is 0.326 e. The number of nitrogens with one attached hydrogen (secondary N) is 1. The van der Waals surface area contributed by atoms with Crippen molar-refractivity contribution in [3.05, 3.63) is 27.7 Å². The maximum Gasteiger partial charge on any atom is 0.224 e. The van der Waals surface area contributed by atoms with Crippen molar-refractivity contribution >= 4 is 39.1 Å². The lowest BCUT2D eigenvalue weighted by Crippen LogP contribution is -2.18. The molecule has 0 aliphatic heterocycles. The number of hydrogen-bond acceptors (Lipinski definition) is 1. The lowest BCUT2D eigenvalue weighted by Gasteiger charge is -2.20. The highest BCUT2D eigenvalue weighted by atomic mass is 79.9. The average Bonchev–Trinajstić information content (AvgIpc) is 2.35. The van der Waals surface area contributed by atoms with Crippen molar-refractivity contribution in [2.45, 2.75) is 38.5 Å². The molecule has 4 heteroatoms. The van der Waals surface area contributed by atoms with E-state index in [-0.39, 0.29) is 5.91 Å². The molecule has 2 rings (SSSR count). The topological polar surface area (TPSA) is 29.1 Å². The smallest absolute Gasteiger partial charge is 0.224 e. The van der Waals surface area contributed by atoms with Gasteiger partial charge in [-0.3, -0.25) is 4.79 Å². The highest BCUT2D eigenvalue weighted by Crippen LogP contribution is 2.28. The Balaban J connectivity index is 1.88. The van der Waals surface area contributed by atoms with Crippen LogP contribution in [0.25, 0.3) is 0 Å². The van der Waals surface area contributed by atoms with E-state index in [4.69, 9.17) is 11.6 Å². The lowest BCUT2D eigenvalue weighted by molar-refractivity contribution is -0.117. The third kappa shape index (κ3) is 3.99. The van der Waals surface area contributed by atoms with Gasteiger partial charge in [0.05, 0.1) is 5.02 Å². The highest BCUT2D eigenvalue weighted by molar-refractivity contribution is 9.10. The molecule has 1 amide bonds. The van der Waals surface area contributed by atoms with Gasteiger partial charge in [0.25, 0.3) is 0 Å². The van der Waals surface area contributed by atoms with Crippen LogP contribution in [0.3, 0.4) is 0 Å². The van der Waals surface area contributed by atoms with Crippen LogP contribution < -0.4 is 5.32 Å². The van der Waals surface area contributed by atoms with Crippen molar-refractivity contribution in [1.29, 1.82) is 0 Å². The Kier molecular flexibility index (Phi) is 5.07. The summed E-state index contributed by atoms with van der Waals surface area (Å²) in [6.07, 6.45) is 6.86. The summed E-state index contributed by atoms with van der Waals surface area (Å²) in [7, 11) is 0. The van der Waals surface area contributed by atoms with E-state index in [1.54, 1.807) is 6.07 Å². The van der Waals surface area contributed by atoms with E-state index in [2.05, 4.69) is 21.2 Å². The predicted octanol–water partition coefficient (Wildman–Crippen LogP) is 5.01. The minimum atomic E-state index is 0.0975. The summed E-state index contributed by atoms with van der Waals surface area (Å²) in [5.74, 6) is 0.657. The second kappa shape index (κ2) is 6.58. The van der Waals surface area contributed by atoms with E-state index in [1.807, 2.05) is 12.1 Å². The molecule has 0 spiro atoms. The molecule has 1 aromatic carbocycles. The minimum Gasteiger partial charge on any atom is -0.326 e. The van der Waals surface area contributed by atoms with Gasteiger partial charge in [0.1, 0.15) is 0 Å². The molecule has 0 radical (unpaired) electrons. The number of carbonyl (C=O) groups is 1. The van der Waals surface area contributed by atoms with Gasteiger partial charge in [0, 0.05) is 16.6 Å². The van der Waals surface area contributed by atoms with E-state index in [9.17, 15) is 4.79 Å². The van der Waals surface area contributed by atoms with Crippen LogP contribution in [0.1, 0.15) is 38.5 Å². The summed E-state index contributed by atoms with van der Waals surface area (Å²) in [5.41, 5.74) is 0.768. The average molecular weight is 331 g/mol. The molecule has 0 unspecified atom stereocenters. The molecular formula is C14H17BrClNO. The molecule has 0 bridgehead atoms. The standard InChI is InChI=1S/C14H17BrClNO/c15-12-7-6-11(9-13(12)16)17-14(18)8-10-4-2-1-3-5-10/h6-7,9-10H,1-5,8H2,(H,17,18). The molecule has 1 aromatic rings. The quantitative estimate of drug-likeness (QED) is 0.829. The Morgan fingerprint density at radius 2 is 2.06 bits per heavy atom. The van der Waals surface area contributed by atoms with Crippen LogP contribution in [0.2, 0.25) is 5.02 Å². The number of anilines is 1. The van der Waals surface area contributed by atoms with Gasteiger partial charge in [0.15, 0.2) is 0 Å². The lowest BCUT2D eigenvalue weighted by atomic mass is 9.87. The number of halogens is 2. The Morgan fingerprint density at radius 3 is 2.72 bits per heavy atom. The van der Waals surface area contributed by atoms with E-state index < -0.39 is 0 Å². The molecule has 1 aliphatic carbocycles. The first kappa shape index (κ1) is 13.9. The number of carbonyl (C=O) groups excluding carboxylic acids is 1. The van der Waals surface area contributed by atoms with Gasteiger partial charge in [-0.15, -0.1) is 0 Å². The van der Waals surface area contributed by atoms with Crippen LogP contribution in [0, 0.1) is 5.92 Å². The molecule has 98 valence electrons. The first-order valence-corrected chi connectivity index (χ1v) is 7.57. The summed E-state index contributed by atoms with van der Waals surface area (Å²) in [4.78, 5) is 11.9. The Hall–Kier alpha value is -0.540. The Morgan fingerprint density at radius 1 is 1.33 bits per heavy atom. The number of hydrogen-bond donors (Lipinski definition) is 1. The fourth-order valence-corrected chi connectivity index (χ4v) is 2.87. The van der Waals surface area contributed by atoms with Crippen molar-refractivity contribution in [2.24, 2.45) is 5.92 Å². The minimum absolute atomic E-state index is 0.0975. The summed E-state index contributed by atoms with van der Waals surface area (Å²) in [5, 5.41) is 3.53. The van der Waals surface area contributed by atoms with Crippen molar-refractivity contribution in [1.82, 2.24) is 0 Å². The summed E-state index contributed by atoms with van der Waals surface area (Å²) in [6, 6.07) is 5.47. The first-order valence-electron chi connectivity index (χ1n) is 6.40. The van der Waals surface area contributed by atoms with Gasteiger partial charge < -0.3 is 5.32 Å². The van der Waals surface area contributed by atoms with Crippen LogP contribution in [0.5, 0.6) is 0 Å². The maximum atomic E-state index is 11.9. The van der Waals surface area contributed by atoms with Crippen LogP contribution in [-0.4, -0.2) is 5.91 Å².